The zero-order valence-electron chi connectivity index (χ0n) is 5.95. The minimum absolute atomic E-state index is 0.580. The summed E-state index contributed by atoms with van der Waals surface area (Å²) in [4.78, 5) is 0. The van der Waals surface area contributed by atoms with E-state index in [2.05, 4.69) is 45.4 Å². The van der Waals surface area contributed by atoms with Gasteiger partial charge in [-0.05, 0) is 11.1 Å². The van der Waals surface area contributed by atoms with Crippen molar-refractivity contribution in [2.75, 3.05) is 0 Å². The van der Waals surface area contributed by atoms with Crippen LogP contribution in [0.15, 0.2) is 0 Å². The van der Waals surface area contributed by atoms with Crippen LogP contribution in [0.25, 0.3) is 0 Å². The fourth-order valence-electron chi connectivity index (χ4n) is 0.671. The molecule has 0 saturated heterocycles. The maximum Gasteiger partial charge on any atom is 0.176 e. The van der Waals surface area contributed by atoms with Gasteiger partial charge in [0, 0.05) is 6.42 Å². The van der Waals surface area contributed by atoms with E-state index >= 15 is 0 Å². The molecular formula is C5H9BrN4. The van der Waals surface area contributed by atoms with Crippen LogP contribution >= 0.6 is 16.1 Å². The largest absolute Gasteiger partial charge is 0.176 e. The molecule has 1 aromatic heterocycles. The molecular weight excluding hydrogens is 196 g/mol. The molecule has 1 aromatic rings. The average Bonchev–Trinajstić information content (AvgIpc) is 2.13. The van der Waals surface area contributed by atoms with Gasteiger partial charge >= 0.3 is 0 Å². The molecule has 0 spiro atoms. The van der Waals surface area contributed by atoms with Crippen LogP contribution in [0, 0.1) is 5.92 Å². The highest BCUT2D eigenvalue weighted by Crippen LogP contribution is 2.00. The van der Waals surface area contributed by atoms with Crippen LogP contribution in [0.3, 0.4) is 0 Å². The van der Waals surface area contributed by atoms with Crippen molar-refractivity contribution in [1.82, 2.24) is 19.2 Å². The van der Waals surface area contributed by atoms with E-state index in [0.29, 0.717) is 5.92 Å². The van der Waals surface area contributed by atoms with E-state index in [1.807, 2.05) is 0 Å². The maximum atomic E-state index is 3.96. The Morgan fingerprint density at radius 3 is 2.70 bits per heavy atom. The standard InChI is InChI=1S/C5H9BrN4/c1-4(2)3-5-7-9-10(6)8-5/h4H,3H2,1-2H3. The summed E-state index contributed by atoms with van der Waals surface area (Å²) in [5.41, 5.74) is 0. The molecule has 0 aliphatic carbocycles. The van der Waals surface area contributed by atoms with Crippen LogP contribution in [-0.2, 0) is 6.42 Å². The fraction of sp³-hybridized carbons (Fsp3) is 0.800. The highest BCUT2D eigenvalue weighted by atomic mass is 79.9. The smallest absolute Gasteiger partial charge is 0.125 e. The summed E-state index contributed by atoms with van der Waals surface area (Å²) in [6.07, 6.45) is 0.881. The van der Waals surface area contributed by atoms with Gasteiger partial charge in [0.05, 0.1) is 0 Å². The molecule has 0 unspecified atom stereocenters. The van der Waals surface area contributed by atoms with Crippen LogP contribution in [0.2, 0.25) is 0 Å². The Kier molecular flexibility index (Phi) is 2.37. The molecule has 5 heteroatoms. The van der Waals surface area contributed by atoms with E-state index in [1.54, 1.807) is 0 Å². The third-order valence-electron chi connectivity index (χ3n) is 1.02. The first-order chi connectivity index (χ1) is 4.68. The molecule has 1 rings (SSSR count). The summed E-state index contributed by atoms with van der Waals surface area (Å²) in [5, 5.41) is 11.4. The molecule has 0 aliphatic heterocycles. The van der Waals surface area contributed by atoms with Crippen molar-refractivity contribution in [3.63, 3.8) is 0 Å². The van der Waals surface area contributed by atoms with Gasteiger partial charge in [-0.1, -0.05) is 17.7 Å². The van der Waals surface area contributed by atoms with Gasteiger partial charge in [-0.3, -0.25) is 0 Å². The van der Waals surface area contributed by atoms with E-state index in [9.17, 15) is 0 Å². The molecule has 0 aliphatic rings. The number of hydrogen-bond donors (Lipinski definition) is 0. The van der Waals surface area contributed by atoms with Gasteiger partial charge < -0.3 is 0 Å². The third-order valence-corrected chi connectivity index (χ3v) is 1.32. The number of rotatable bonds is 2. The SMILES string of the molecule is CC(C)Cc1nnn(Br)n1. The lowest BCUT2D eigenvalue weighted by atomic mass is 10.1. The zero-order valence-corrected chi connectivity index (χ0v) is 7.54. The van der Waals surface area contributed by atoms with Crippen LogP contribution in [0.1, 0.15) is 19.7 Å². The van der Waals surface area contributed by atoms with Gasteiger partial charge in [-0.25, -0.2) is 0 Å². The summed E-state index contributed by atoms with van der Waals surface area (Å²) in [6, 6.07) is 0. The summed E-state index contributed by atoms with van der Waals surface area (Å²) < 4.78 is 1.30. The first-order valence-corrected chi connectivity index (χ1v) is 3.84. The lowest BCUT2D eigenvalue weighted by Crippen LogP contribution is -1.96. The van der Waals surface area contributed by atoms with Crippen LogP contribution in [0.5, 0.6) is 0 Å². The zero-order chi connectivity index (χ0) is 7.56. The highest BCUT2D eigenvalue weighted by Gasteiger charge is 2.02. The van der Waals surface area contributed by atoms with Crippen LogP contribution < -0.4 is 0 Å². The minimum Gasteiger partial charge on any atom is -0.125 e. The Morgan fingerprint density at radius 2 is 2.30 bits per heavy atom. The number of tetrazole rings is 1. The third kappa shape index (κ3) is 2.06. The Bertz CT molecular complexity index is 207. The van der Waals surface area contributed by atoms with Gasteiger partial charge in [0.1, 0.15) is 16.1 Å². The Labute approximate surface area is 68.0 Å². The normalized spacial score (nSPS) is 10.8. The molecule has 4 nitrogen and oxygen atoms in total. The second kappa shape index (κ2) is 3.09. The molecule has 0 N–H and O–H groups in total. The summed E-state index contributed by atoms with van der Waals surface area (Å²) in [7, 11) is 0. The molecule has 0 radical (unpaired) electrons. The van der Waals surface area contributed by atoms with Gasteiger partial charge in [0.2, 0.25) is 0 Å². The predicted octanol–water partition coefficient (Wildman–Crippen LogP) is 1.03. The van der Waals surface area contributed by atoms with E-state index in [-0.39, 0.29) is 0 Å². The molecule has 0 aromatic carbocycles. The molecule has 0 bridgehead atoms. The molecule has 56 valence electrons. The quantitative estimate of drug-likeness (QED) is 0.724. The predicted molar refractivity (Wildman–Crippen MR) is 40.7 cm³/mol. The number of halogens is 1. The summed E-state index contributed by atoms with van der Waals surface area (Å²) >= 11 is 3.05. The number of nitrogens with zero attached hydrogens (tertiary/aromatic N) is 4. The van der Waals surface area contributed by atoms with Crippen molar-refractivity contribution < 1.29 is 0 Å². The minimum atomic E-state index is 0.580. The van der Waals surface area contributed by atoms with Crippen molar-refractivity contribution in [2.45, 2.75) is 20.3 Å². The number of hydrogen-bond acceptors (Lipinski definition) is 3. The van der Waals surface area contributed by atoms with Crippen LogP contribution in [-0.4, -0.2) is 19.2 Å². The van der Waals surface area contributed by atoms with Crippen LogP contribution in [0.4, 0.5) is 0 Å². The van der Waals surface area contributed by atoms with Gasteiger partial charge in [0.25, 0.3) is 0 Å². The van der Waals surface area contributed by atoms with Crippen molar-refractivity contribution >= 4 is 16.1 Å². The first kappa shape index (κ1) is 7.65. The van der Waals surface area contributed by atoms with E-state index in [4.69, 9.17) is 0 Å². The summed E-state index contributed by atoms with van der Waals surface area (Å²) in [5.74, 6) is 1.36. The highest BCUT2D eigenvalue weighted by molar-refractivity contribution is 9.08. The Morgan fingerprint density at radius 1 is 1.60 bits per heavy atom. The lowest BCUT2D eigenvalue weighted by Gasteiger charge is -1.95. The van der Waals surface area contributed by atoms with Gasteiger partial charge in [-0.15, -0.1) is 10.2 Å². The van der Waals surface area contributed by atoms with Crippen molar-refractivity contribution in [3.8, 4) is 0 Å². The second-order valence-electron chi connectivity index (χ2n) is 2.54. The first-order valence-electron chi connectivity index (χ1n) is 3.13. The molecule has 0 fully saturated rings. The molecule has 1 heterocycles. The molecule has 0 saturated carbocycles. The molecule has 10 heavy (non-hydrogen) atoms. The van der Waals surface area contributed by atoms with E-state index in [0.717, 1.165) is 12.2 Å². The Balaban J connectivity index is 2.58. The maximum absolute atomic E-state index is 3.96. The lowest BCUT2D eigenvalue weighted by molar-refractivity contribution is 0.621. The van der Waals surface area contributed by atoms with E-state index < -0.39 is 0 Å². The van der Waals surface area contributed by atoms with Crippen molar-refractivity contribution in [3.05, 3.63) is 5.82 Å². The Hall–Kier alpha value is -0.450. The fourth-order valence-corrected chi connectivity index (χ4v) is 0.925. The average molecular weight is 205 g/mol. The topological polar surface area (TPSA) is 43.6 Å². The molecule has 0 atom stereocenters. The van der Waals surface area contributed by atoms with Gasteiger partial charge in [-0.2, -0.15) is 0 Å². The van der Waals surface area contributed by atoms with E-state index in [1.165, 1.54) is 3.82 Å². The second-order valence-corrected chi connectivity index (χ2v) is 3.18. The van der Waals surface area contributed by atoms with Crippen molar-refractivity contribution in [1.29, 1.82) is 0 Å². The summed E-state index contributed by atoms with van der Waals surface area (Å²) in [6.45, 7) is 4.24. The number of aromatic nitrogens is 4. The van der Waals surface area contributed by atoms with Crippen molar-refractivity contribution in [2.24, 2.45) is 5.92 Å². The monoisotopic (exact) mass is 204 g/mol. The molecule has 0 amide bonds. The van der Waals surface area contributed by atoms with Gasteiger partial charge in [0.15, 0.2) is 5.82 Å².